The lowest BCUT2D eigenvalue weighted by molar-refractivity contribution is 0.615. The maximum Gasteiger partial charge on any atom is 0.0253 e. The van der Waals surface area contributed by atoms with Crippen LogP contribution in [0.5, 0.6) is 0 Å². The SMILES string of the molecule is Brc1ccc([C@@H]2C[C@H]2Cn2cccc2)cc1. The van der Waals surface area contributed by atoms with Gasteiger partial charge >= 0.3 is 0 Å². The summed E-state index contributed by atoms with van der Waals surface area (Å²) in [6.07, 6.45) is 5.63. The second-order valence-corrected chi connectivity index (χ2v) is 5.45. The summed E-state index contributed by atoms with van der Waals surface area (Å²) in [6, 6.07) is 12.9. The molecule has 1 aromatic heterocycles. The molecule has 1 aromatic carbocycles. The van der Waals surface area contributed by atoms with Gasteiger partial charge in [0.05, 0.1) is 0 Å². The van der Waals surface area contributed by atoms with Crippen LogP contribution in [0.4, 0.5) is 0 Å². The third-order valence-corrected chi connectivity index (χ3v) is 3.86. The maximum absolute atomic E-state index is 3.47. The van der Waals surface area contributed by atoms with Gasteiger partial charge in [0.15, 0.2) is 0 Å². The van der Waals surface area contributed by atoms with E-state index in [9.17, 15) is 0 Å². The Kier molecular flexibility index (Phi) is 2.60. The molecule has 0 spiro atoms. The first-order valence-electron chi connectivity index (χ1n) is 5.69. The average molecular weight is 276 g/mol. The Labute approximate surface area is 104 Å². The van der Waals surface area contributed by atoms with Crippen molar-refractivity contribution in [3.63, 3.8) is 0 Å². The fourth-order valence-corrected chi connectivity index (χ4v) is 2.59. The Hall–Kier alpha value is -1.02. The Balaban J connectivity index is 1.65. The molecule has 0 aliphatic heterocycles. The zero-order valence-electron chi connectivity index (χ0n) is 9.01. The largest absolute Gasteiger partial charge is 0.354 e. The standard InChI is InChI=1S/C14H14BrN/c15-13-5-3-11(4-6-13)14-9-12(14)10-16-7-1-2-8-16/h1-8,12,14H,9-10H2/t12-,14-/m0/s1. The number of benzene rings is 1. The van der Waals surface area contributed by atoms with Crippen molar-refractivity contribution in [2.24, 2.45) is 5.92 Å². The molecule has 0 saturated heterocycles. The van der Waals surface area contributed by atoms with Gasteiger partial charge in [0.25, 0.3) is 0 Å². The summed E-state index contributed by atoms with van der Waals surface area (Å²) in [4.78, 5) is 0. The molecular weight excluding hydrogens is 262 g/mol. The number of halogens is 1. The molecule has 2 atom stereocenters. The van der Waals surface area contributed by atoms with Crippen LogP contribution in [0.15, 0.2) is 53.3 Å². The zero-order valence-corrected chi connectivity index (χ0v) is 10.6. The first-order valence-corrected chi connectivity index (χ1v) is 6.48. The maximum atomic E-state index is 3.47. The lowest BCUT2D eigenvalue weighted by Crippen LogP contribution is -1.97. The lowest BCUT2D eigenvalue weighted by atomic mass is 10.1. The van der Waals surface area contributed by atoms with Gasteiger partial charge in [0.2, 0.25) is 0 Å². The topological polar surface area (TPSA) is 4.93 Å². The van der Waals surface area contributed by atoms with Crippen LogP contribution in [0.2, 0.25) is 0 Å². The molecular formula is C14H14BrN. The average Bonchev–Trinajstić information content (AvgIpc) is 2.85. The molecule has 0 amide bonds. The van der Waals surface area contributed by atoms with Crippen LogP contribution in [-0.4, -0.2) is 4.57 Å². The zero-order chi connectivity index (χ0) is 11.0. The van der Waals surface area contributed by atoms with Gasteiger partial charge < -0.3 is 4.57 Å². The van der Waals surface area contributed by atoms with Crippen LogP contribution in [0.3, 0.4) is 0 Å². The Morgan fingerprint density at radius 3 is 2.50 bits per heavy atom. The highest BCUT2D eigenvalue weighted by Gasteiger charge is 2.37. The molecule has 2 aromatic rings. The van der Waals surface area contributed by atoms with E-state index in [0.29, 0.717) is 0 Å². The molecule has 16 heavy (non-hydrogen) atoms. The molecule has 3 rings (SSSR count). The normalized spacial score (nSPS) is 23.3. The minimum absolute atomic E-state index is 0.774. The van der Waals surface area contributed by atoms with Crippen molar-refractivity contribution in [1.29, 1.82) is 0 Å². The highest BCUT2D eigenvalue weighted by atomic mass is 79.9. The van der Waals surface area contributed by atoms with Crippen LogP contribution in [0.1, 0.15) is 17.9 Å². The Morgan fingerprint density at radius 2 is 1.81 bits per heavy atom. The minimum atomic E-state index is 0.774. The van der Waals surface area contributed by atoms with Crippen molar-refractivity contribution < 1.29 is 0 Å². The molecule has 1 aliphatic carbocycles. The van der Waals surface area contributed by atoms with Crippen molar-refractivity contribution in [3.8, 4) is 0 Å². The molecule has 2 heteroatoms. The second-order valence-electron chi connectivity index (χ2n) is 4.53. The fraction of sp³-hybridized carbons (Fsp3) is 0.286. The van der Waals surface area contributed by atoms with E-state index in [2.05, 4.69) is 69.3 Å². The van der Waals surface area contributed by atoms with E-state index >= 15 is 0 Å². The first kappa shape index (κ1) is 10.2. The molecule has 0 unspecified atom stereocenters. The first-order chi connectivity index (χ1) is 7.83. The van der Waals surface area contributed by atoms with E-state index in [1.54, 1.807) is 0 Å². The summed E-state index contributed by atoms with van der Waals surface area (Å²) in [5, 5.41) is 0. The van der Waals surface area contributed by atoms with Gasteiger partial charge in [-0.1, -0.05) is 28.1 Å². The highest BCUT2D eigenvalue weighted by molar-refractivity contribution is 9.10. The van der Waals surface area contributed by atoms with Gasteiger partial charge in [0, 0.05) is 23.4 Å². The van der Waals surface area contributed by atoms with Crippen LogP contribution in [0.25, 0.3) is 0 Å². The summed E-state index contributed by atoms with van der Waals surface area (Å²) in [5.41, 5.74) is 1.49. The van der Waals surface area contributed by atoms with Crippen LogP contribution >= 0.6 is 15.9 Å². The van der Waals surface area contributed by atoms with Gasteiger partial charge in [-0.25, -0.2) is 0 Å². The smallest absolute Gasteiger partial charge is 0.0253 e. The van der Waals surface area contributed by atoms with E-state index in [1.807, 2.05) is 0 Å². The monoisotopic (exact) mass is 275 g/mol. The molecule has 1 aliphatic rings. The fourth-order valence-electron chi connectivity index (χ4n) is 2.33. The van der Waals surface area contributed by atoms with Gasteiger partial charge in [-0.2, -0.15) is 0 Å². The lowest BCUT2D eigenvalue weighted by Gasteiger charge is -2.02. The molecule has 1 fully saturated rings. The number of nitrogens with zero attached hydrogens (tertiary/aromatic N) is 1. The number of hydrogen-bond acceptors (Lipinski definition) is 0. The predicted molar refractivity (Wildman–Crippen MR) is 69.4 cm³/mol. The molecule has 82 valence electrons. The van der Waals surface area contributed by atoms with Crippen molar-refractivity contribution in [2.75, 3.05) is 0 Å². The van der Waals surface area contributed by atoms with Gasteiger partial charge in [0.1, 0.15) is 0 Å². The second kappa shape index (κ2) is 4.10. The van der Waals surface area contributed by atoms with E-state index in [0.717, 1.165) is 18.4 Å². The van der Waals surface area contributed by atoms with Gasteiger partial charge in [-0.15, -0.1) is 0 Å². The van der Waals surface area contributed by atoms with Gasteiger partial charge in [-0.05, 0) is 48.1 Å². The van der Waals surface area contributed by atoms with Crippen molar-refractivity contribution in [1.82, 2.24) is 4.57 Å². The third-order valence-electron chi connectivity index (χ3n) is 3.33. The summed E-state index contributed by atoms with van der Waals surface area (Å²) >= 11 is 3.47. The number of aromatic nitrogens is 1. The summed E-state index contributed by atoms with van der Waals surface area (Å²) < 4.78 is 3.45. The molecule has 0 radical (unpaired) electrons. The minimum Gasteiger partial charge on any atom is -0.354 e. The quantitative estimate of drug-likeness (QED) is 0.796. The van der Waals surface area contributed by atoms with Crippen LogP contribution in [-0.2, 0) is 6.54 Å². The molecule has 0 bridgehead atoms. The number of hydrogen-bond donors (Lipinski definition) is 0. The van der Waals surface area contributed by atoms with Crippen LogP contribution < -0.4 is 0 Å². The van der Waals surface area contributed by atoms with Crippen molar-refractivity contribution in [3.05, 3.63) is 58.8 Å². The summed E-state index contributed by atoms with van der Waals surface area (Å²) in [5.74, 6) is 1.60. The Bertz CT molecular complexity index is 458. The molecule has 1 saturated carbocycles. The van der Waals surface area contributed by atoms with E-state index in [-0.39, 0.29) is 0 Å². The molecule has 0 N–H and O–H groups in total. The van der Waals surface area contributed by atoms with Crippen molar-refractivity contribution >= 4 is 15.9 Å². The Morgan fingerprint density at radius 1 is 1.12 bits per heavy atom. The number of rotatable bonds is 3. The summed E-state index contributed by atoms with van der Waals surface area (Å²) in [7, 11) is 0. The van der Waals surface area contributed by atoms with E-state index < -0.39 is 0 Å². The predicted octanol–water partition coefficient (Wildman–Crippen LogP) is 4.05. The van der Waals surface area contributed by atoms with Crippen molar-refractivity contribution in [2.45, 2.75) is 18.9 Å². The molecule has 1 nitrogen and oxygen atoms in total. The van der Waals surface area contributed by atoms with Gasteiger partial charge in [-0.3, -0.25) is 0 Å². The molecule has 1 heterocycles. The van der Waals surface area contributed by atoms with E-state index in [1.165, 1.54) is 16.5 Å². The van der Waals surface area contributed by atoms with Crippen LogP contribution in [0, 0.1) is 5.92 Å². The highest BCUT2D eigenvalue weighted by Crippen LogP contribution is 2.48. The summed E-state index contributed by atoms with van der Waals surface area (Å²) in [6.45, 7) is 1.16. The van der Waals surface area contributed by atoms with E-state index in [4.69, 9.17) is 0 Å². The third kappa shape index (κ3) is 2.07.